The molecule has 0 unspecified atom stereocenters. The monoisotopic (exact) mass is 427 g/mol. The van der Waals surface area contributed by atoms with Crippen LogP contribution in [0, 0.1) is 13.8 Å². The number of hydrogen-bond acceptors (Lipinski definition) is 8. The van der Waals surface area contributed by atoms with Gasteiger partial charge in [0.25, 0.3) is 5.56 Å². The summed E-state index contributed by atoms with van der Waals surface area (Å²) in [5, 5.41) is 0.276. The van der Waals surface area contributed by atoms with Crippen molar-refractivity contribution in [3.05, 3.63) is 62.5 Å². The van der Waals surface area contributed by atoms with Crippen LogP contribution in [0.2, 0.25) is 0 Å². The molecule has 10 heteroatoms. The van der Waals surface area contributed by atoms with Gasteiger partial charge in [-0.25, -0.2) is 19.4 Å². The number of H-pyrrole nitrogens is 2. The molecular weight excluding hydrogens is 406 g/mol. The Morgan fingerprint density at radius 1 is 1.03 bits per heavy atom. The van der Waals surface area contributed by atoms with Gasteiger partial charge in [0.1, 0.15) is 18.1 Å². The molecule has 0 spiro atoms. The number of rotatable bonds is 6. The van der Waals surface area contributed by atoms with Crippen molar-refractivity contribution < 1.29 is 28.6 Å². The molecule has 0 aliphatic rings. The number of aromatic nitrogens is 3. The van der Waals surface area contributed by atoms with Gasteiger partial charge in [-0.15, -0.1) is 0 Å². The van der Waals surface area contributed by atoms with Crippen molar-refractivity contribution in [2.45, 2.75) is 27.4 Å². The van der Waals surface area contributed by atoms with E-state index in [1.807, 2.05) is 0 Å². The molecule has 2 N–H and O–H groups in total. The normalized spacial score (nSPS) is 10.7. The van der Waals surface area contributed by atoms with Crippen LogP contribution in [0.5, 0.6) is 0 Å². The minimum Gasteiger partial charge on any atom is -0.465 e. The summed E-state index contributed by atoms with van der Waals surface area (Å²) in [6.07, 6.45) is 0. The van der Waals surface area contributed by atoms with E-state index in [-0.39, 0.29) is 46.8 Å². The van der Waals surface area contributed by atoms with Crippen LogP contribution in [0.1, 0.15) is 55.2 Å². The first-order chi connectivity index (χ1) is 14.8. The molecule has 0 saturated heterocycles. The molecule has 10 nitrogen and oxygen atoms in total. The molecule has 1 aromatic carbocycles. The predicted molar refractivity (Wildman–Crippen MR) is 109 cm³/mol. The topological polar surface area (TPSA) is 140 Å². The quantitative estimate of drug-likeness (QED) is 0.451. The molecule has 3 aromatic rings. The average molecular weight is 427 g/mol. The van der Waals surface area contributed by atoms with E-state index in [9.17, 15) is 19.2 Å². The largest absolute Gasteiger partial charge is 0.465 e. The Hall–Kier alpha value is -3.95. The average Bonchev–Trinajstić information content (AvgIpc) is 3.05. The van der Waals surface area contributed by atoms with Crippen molar-refractivity contribution in [1.29, 1.82) is 0 Å². The maximum absolute atomic E-state index is 12.5. The number of carbonyl (C=O) groups is 3. The molecule has 2 aromatic heterocycles. The summed E-state index contributed by atoms with van der Waals surface area (Å²) in [5.74, 6) is -1.72. The Kier molecular flexibility index (Phi) is 6.19. The van der Waals surface area contributed by atoms with Gasteiger partial charge in [-0.05, 0) is 44.5 Å². The SMILES string of the molecule is CCOC(=O)c1c(C)[nH]c(C(=O)OCc2nc3cc(C(=O)OC)ccc3c(=O)[nH]2)c1C. The van der Waals surface area contributed by atoms with Gasteiger partial charge in [0.15, 0.2) is 0 Å². The molecule has 0 fully saturated rings. The van der Waals surface area contributed by atoms with Crippen LogP contribution in [0.15, 0.2) is 23.0 Å². The second-order valence-corrected chi connectivity index (χ2v) is 6.66. The van der Waals surface area contributed by atoms with Crippen molar-refractivity contribution in [2.24, 2.45) is 0 Å². The van der Waals surface area contributed by atoms with Gasteiger partial charge in [0.05, 0.1) is 35.7 Å². The van der Waals surface area contributed by atoms with Gasteiger partial charge in [0, 0.05) is 5.69 Å². The smallest absolute Gasteiger partial charge is 0.355 e. The zero-order valence-electron chi connectivity index (χ0n) is 17.5. The summed E-state index contributed by atoms with van der Waals surface area (Å²) >= 11 is 0. The lowest BCUT2D eigenvalue weighted by atomic mass is 10.1. The highest BCUT2D eigenvalue weighted by Gasteiger charge is 2.24. The van der Waals surface area contributed by atoms with Gasteiger partial charge in [-0.3, -0.25) is 4.79 Å². The third-order valence-corrected chi connectivity index (χ3v) is 4.64. The molecule has 0 aliphatic heterocycles. The number of benzene rings is 1. The zero-order chi connectivity index (χ0) is 22.7. The Morgan fingerprint density at radius 3 is 2.45 bits per heavy atom. The third-order valence-electron chi connectivity index (χ3n) is 4.64. The highest BCUT2D eigenvalue weighted by atomic mass is 16.5. The van der Waals surface area contributed by atoms with E-state index in [2.05, 4.69) is 19.7 Å². The molecule has 0 atom stereocenters. The van der Waals surface area contributed by atoms with E-state index in [1.165, 1.54) is 25.3 Å². The van der Waals surface area contributed by atoms with Crippen molar-refractivity contribution in [1.82, 2.24) is 15.0 Å². The molecule has 2 heterocycles. The van der Waals surface area contributed by atoms with Crippen molar-refractivity contribution >= 4 is 28.8 Å². The van der Waals surface area contributed by atoms with Crippen molar-refractivity contribution in [3.8, 4) is 0 Å². The minimum absolute atomic E-state index is 0.0967. The molecule has 0 radical (unpaired) electrons. The van der Waals surface area contributed by atoms with Crippen LogP contribution in [0.25, 0.3) is 10.9 Å². The molecule has 31 heavy (non-hydrogen) atoms. The second kappa shape index (κ2) is 8.82. The third kappa shape index (κ3) is 4.32. The lowest BCUT2D eigenvalue weighted by molar-refractivity contribution is 0.0454. The molecular formula is C21H21N3O7. The maximum atomic E-state index is 12.5. The van der Waals surface area contributed by atoms with Gasteiger partial charge in [-0.2, -0.15) is 0 Å². The summed E-state index contributed by atoms with van der Waals surface area (Å²) in [7, 11) is 1.25. The Labute approximate surface area is 176 Å². The van der Waals surface area contributed by atoms with Crippen LogP contribution >= 0.6 is 0 Å². The van der Waals surface area contributed by atoms with E-state index in [0.29, 0.717) is 11.3 Å². The summed E-state index contributed by atoms with van der Waals surface area (Å²) in [6.45, 7) is 4.84. The molecule has 162 valence electrons. The fourth-order valence-electron chi connectivity index (χ4n) is 3.17. The fourth-order valence-corrected chi connectivity index (χ4v) is 3.17. The fraction of sp³-hybridized carbons (Fsp3) is 0.286. The Balaban J connectivity index is 1.83. The Morgan fingerprint density at radius 2 is 1.77 bits per heavy atom. The number of fused-ring (bicyclic) bond motifs is 1. The lowest BCUT2D eigenvalue weighted by Crippen LogP contribution is -2.15. The first kappa shape index (κ1) is 21.8. The van der Waals surface area contributed by atoms with E-state index in [4.69, 9.17) is 9.47 Å². The first-order valence-corrected chi connectivity index (χ1v) is 9.41. The summed E-state index contributed by atoms with van der Waals surface area (Å²) < 4.78 is 14.9. The first-order valence-electron chi connectivity index (χ1n) is 9.41. The molecule has 0 amide bonds. The predicted octanol–water partition coefficient (Wildman–Crippen LogP) is 2.19. The zero-order valence-corrected chi connectivity index (χ0v) is 17.5. The van der Waals surface area contributed by atoms with Gasteiger partial charge >= 0.3 is 17.9 Å². The minimum atomic E-state index is -0.720. The summed E-state index contributed by atoms with van der Waals surface area (Å²) in [6, 6.07) is 4.35. The van der Waals surface area contributed by atoms with Gasteiger partial charge in [-0.1, -0.05) is 0 Å². The van der Waals surface area contributed by atoms with Gasteiger partial charge < -0.3 is 24.2 Å². The summed E-state index contributed by atoms with van der Waals surface area (Å²) in [5.41, 5.74) is 1.33. The number of hydrogen-bond donors (Lipinski definition) is 2. The standard InChI is InChI=1S/C21H21N3O7/c1-5-30-20(27)16-10(2)17(22-11(16)3)21(28)31-9-15-23-14-8-12(19(26)29-4)6-7-13(14)18(25)24-15/h6-8,22H,5,9H2,1-4H3,(H,23,24,25). The van der Waals surface area contributed by atoms with E-state index in [0.717, 1.165) is 0 Å². The highest BCUT2D eigenvalue weighted by Crippen LogP contribution is 2.20. The van der Waals surface area contributed by atoms with Crippen molar-refractivity contribution in [3.63, 3.8) is 0 Å². The molecule has 0 bridgehead atoms. The second-order valence-electron chi connectivity index (χ2n) is 6.66. The number of nitrogens with zero attached hydrogens (tertiary/aromatic N) is 1. The van der Waals surface area contributed by atoms with E-state index in [1.54, 1.807) is 20.8 Å². The number of aryl methyl sites for hydroxylation is 1. The number of carbonyl (C=O) groups excluding carboxylic acids is 3. The Bertz CT molecular complexity index is 1240. The maximum Gasteiger partial charge on any atom is 0.355 e. The van der Waals surface area contributed by atoms with Crippen LogP contribution in [0.4, 0.5) is 0 Å². The number of nitrogens with one attached hydrogen (secondary N) is 2. The van der Waals surface area contributed by atoms with Crippen LogP contribution < -0.4 is 5.56 Å². The lowest BCUT2D eigenvalue weighted by Gasteiger charge is -2.06. The molecule has 0 aliphatic carbocycles. The molecule has 3 rings (SSSR count). The van der Waals surface area contributed by atoms with Gasteiger partial charge in [0.2, 0.25) is 0 Å². The number of methoxy groups -OCH3 is 1. The van der Waals surface area contributed by atoms with Crippen LogP contribution in [0.3, 0.4) is 0 Å². The summed E-state index contributed by atoms with van der Waals surface area (Å²) in [4.78, 5) is 58.2. The highest BCUT2D eigenvalue weighted by molar-refractivity contribution is 5.98. The van der Waals surface area contributed by atoms with E-state index >= 15 is 0 Å². The molecule has 0 saturated carbocycles. The van der Waals surface area contributed by atoms with Crippen molar-refractivity contribution in [2.75, 3.05) is 13.7 Å². The number of ether oxygens (including phenoxy) is 3. The van der Waals surface area contributed by atoms with Crippen LogP contribution in [-0.2, 0) is 20.8 Å². The van der Waals surface area contributed by atoms with Crippen LogP contribution in [-0.4, -0.2) is 46.6 Å². The number of esters is 3. The van der Waals surface area contributed by atoms with E-state index < -0.39 is 23.5 Å². The number of aromatic amines is 2.